The minimum Gasteiger partial charge on any atom is -0.480 e. The number of nitrogens with one attached hydrogen (secondary N) is 1. The standard InChI is InChI=1S/C13H21BrN4O/c1-15-6-3-10-4-7-18(8-5-10)13-16-9-11(14)12(17-13)19-2/h9-10,15H,3-8H2,1-2H3. The first-order chi connectivity index (χ1) is 9.24. The topological polar surface area (TPSA) is 50.3 Å². The Morgan fingerprint density at radius 3 is 2.84 bits per heavy atom. The molecule has 0 radical (unpaired) electrons. The smallest absolute Gasteiger partial charge is 0.232 e. The zero-order chi connectivity index (χ0) is 13.7. The largest absolute Gasteiger partial charge is 0.480 e. The summed E-state index contributed by atoms with van der Waals surface area (Å²) in [4.78, 5) is 11.0. The van der Waals surface area contributed by atoms with Gasteiger partial charge in [-0.15, -0.1) is 0 Å². The van der Waals surface area contributed by atoms with Gasteiger partial charge in [0.05, 0.1) is 17.8 Å². The first kappa shape index (κ1) is 14.5. The minimum atomic E-state index is 0.599. The molecular formula is C13H21BrN4O. The molecule has 0 saturated carbocycles. The molecule has 0 bridgehead atoms. The molecule has 2 rings (SSSR count). The van der Waals surface area contributed by atoms with Crippen molar-refractivity contribution in [1.29, 1.82) is 0 Å². The van der Waals surface area contributed by atoms with E-state index >= 15 is 0 Å². The third-order valence-corrected chi connectivity index (χ3v) is 4.14. The summed E-state index contributed by atoms with van der Waals surface area (Å²) >= 11 is 3.38. The van der Waals surface area contributed by atoms with Crippen molar-refractivity contribution in [3.63, 3.8) is 0 Å². The molecule has 0 amide bonds. The number of anilines is 1. The van der Waals surface area contributed by atoms with Crippen LogP contribution in [0.1, 0.15) is 19.3 Å². The molecule has 6 heteroatoms. The monoisotopic (exact) mass is 328 g/mol. The van der Waals surface area contributed by atoms with Crippen LogP contribution in [-0.2, 0) is 0 Å². The van der Waals surface area contributed by atoms with E-state index in [4.69, 9.17) is 4.74 Å². The summed E-state index contributed by atoms with van der Waals surface area (Å²) in [6.45, 7) is 3.16. The molecule has 1 saturated heterocycles. The predicted molar refractivity (Wildman–Crippen MR) is 79.8 cm³/mol. The highest BCUT2D eigenvalue weighted by molar-refractivity contribution is 9.10. The summed E-state index contributed by atoms with van der Waals surface area (Å²) in [5.41, 5.74) is 0. The fourth-order valence-corrected chi connectivity index (χ4v) is 2.76. The molecule has 1 aromatic heterocycles. The van der Waals surface area contributed by atoms with Gasteiger partial charge in [-0.3, -0.25) is 0 Å². The van der Waals surface area contributed by atoms with Crippen LogP contribution in [0.3, 0.4) is 0 Å². The van der Waals surface area contributed by atoms with E-state index in [1.165, 1.54) is 19.3 Å². The third-order valence-electron chi connectivity index (χ3n) is 3.59. The molecule has 1 aliphatic heterocycles. The molecule has 2 heterocycles. The Hall–Kier alpha value is -0.880. The van der Waals surface area contributed by atoms with E-state index < -0.39 is 0 Å². The van der Waals surface area contributed by atoms with Gasteiger partial charge in [0.25, 0.3) is 0 Å². The molecule has 0 unspecified atom stereocenters. The van der Waals surface area contributed by atoms with Gasteiger partial charge in [0.15, 0.2) is 0 Å². The lowest BCUT2D eigenvalue weighted by Crippen LogP contribution is -2.35. The Bertz CT molecular complexity index is 408. The molecule has 19 heavy (non-hydrogen) atoms. The summed E-state index contributed by atoms with van der Waals surface area (Å²) in [5.74, 6) is 2.19. The van der Waals surface area contributed by atoms with Crippen molar-refractivity contribution in [2.45, 2.75) is 19.3 Å². The van der Waals surface area contributed by atoms with Gasteiger partial charge in [-0.25, -0.2) is 4.98 Å². The number of methoxy groups -OCH3 is 1. The average molecular weight is 329 g/mol. The molecule has 0 aliphatic carbocycles. The zero-order valence-corrected chi connectivity index (χ0v) is 13.1. The fraction of sp³-hybridized carbons (Fsp3) is 0.692. The summed E-state index contributed by atoms with van der Waals surface area (Å²) in [6, 6.07) is 0. The maximum Gasteiger partial charge on any atom is 0.232 e. The van der Waals surface area contributed by atoms with Crippen molar-refractivity contribution in [1.82, 2.24) is 15.3 Å². The second-order valence-corrected chi connectivity index (χ2v) is 5.70. The number of aromatic nitrogens is 2. The van der Waals surface area contributed by atoms with Crippen LogP contribution >= 0.6 is 15.9 Å². The Labute approximate surface area is 122 Å². The summed E-state index contributed by atoms with van der Waals surface area (Å²) in [6.07, 6.45) is 5.44. The van der Waals surface area contributed by atoms with Crippen LogP contribution in [-0.4, -0.2) is 43.8 Å². The first-order valence-electron chi connectivity index (χ1n) is 6.70. The third kappa shape index (κ3) is 3.79. The van der Waals surface area contributed by atoms with Crippen LogP contribution in [0.5, 0.6) is 5.88 Å². The van der Waals surface area contributed by atoms with Crippen LogP contribution in [0.25, 0.3) is 0 Å². The van der Waals surface area contributed by atoms with Gasteiger partial charge < -0.3 is 15.0 Å². The maximum absolute atomic E-state index is 5.22. The van der Waals surface area contributed by atoms with E-state index in [0.29, 0.717) is 5.88 Å². The summed E-state index contributed by atoms with van der Waals surface area (Å²) in [5, 5.41) is 3.22. The second-order valence-electron chi connectivity index (χ2n) is 4.85. The summed E-state index contributed by atoms with van der Waals surface area (Å²) < 4.78 is 6.01. The van der Waals surface area contributed by atoms with Gasteiger partial charge in [-0.05, 0) is 54.7 Å². The number of piperidine rings is 1. The lowest BCUT2D eigenvalue weighted by molar-refractivity contribution is 0.371. The number of ether oxygens (including phenoxy) is 1. The molecular weight excluding hydrogens is 308 g/mol. The lowest BCUT2D eigenvalue weighted by atomic mass is 9.94. The highest BCUT2D eigenvalue weighted by atomic mass is 79.9. The molecule has 1 fully saturated rings. The van der Waals surface area contributed by atoms with E-state index in [0.717, 1.165) is 36.0 Å². The van der Waals surface area contributed by atoms with E-state index in [9.17, 15) is 0 Å². The number of rotatable bonds is 5. The molecule has 1 aromatic rings. The molecule has 1 N–H and O–H groups in total. The lowest BCUT2D eigenvalue weighted by Gasteiger charge is -2.32. The van der Waals surface area contributed by atoms with E-state index in [-0.39, 0.29) is 0 Å². The van der Waals surface area contributed by atoms with Crippen LogP contribution in [0.4, 0.5) is 5.95 Å². The van der Waals surface area contributed by atoms with Gasteiger partial charge in [0.1, 0.15) is 0 Å². The van der Waals surface area contributed by atoms with Crippen molar-refractivity contribution in [3.8, 4) is 5.88 Å². The molecule has 0 atom stereocenters. The van der Waals surface area contributed by atoms with Crippen molar-refractivity contribution in [3.05, 3.63) is 10.7 Å². The van der Waals surface area contributed by atoms with Crippen LogP contribution in [0.2, 0.25) is 0 Å². The maximum atomic E-state index is 5.22. The van der Waals surface area contributed by atoms with Gasteiger partial charge in [0, 0.05) is 13.1 Å². The average Bonchev–Trinajstić information content (AvgIpc) is 2.46. The minimum absolute atomic E-state index is 0.599. The van der Waals surface area contributed by atoms with E-state index in [1.54, 1.807) is 13.3 Å². The van der Waals surface area contributed by atoms with Gasteiger partial charge >= 0.3 is 0 Å². The Morgan fingerprint density at radius 1 is 1.47 bits per heavy atom. The normalized spacial score (nSPS) is 16.7. The van der Waals surface area contributed by atoms with Crippen LogP contribution < -0.4 is 15.0 Å². The number of halogens is 1. The van der Waals surface area contributed by atoms with Crippen LogP contribution in [0, 0.1) is 5.92 Å². The second kappa shape index (κ2) is 7.05. The quantitative estimate of drug-likeness (QED) is 0.896. The Morgan fingerprint density at radius 2 is 2.21 bits per heavy atom. The molecule has 1 aliphatic rings. The predicted octanol–water partition coefficient (Wildman–Crippen LogP) is 2.07. The fourth-order valence-electron chi connectivity index (χ4n) is 2.41. The molecule has 0 spiro atoms. The summed E-state index contributed by atoms with van der Waals surface area (Å²) in [7, 11) is 3.64. The molecule has 106 valence electrons. The van der Waals surface area contributed by atoms with E-state index in [1.807, 2.05) is 7.05 Å². The Kier molecular flexibility index (Phi) is 5.39. The van der Waals surface area contributed by atoms with Crippen LogP contribution in [0.15, 0.2) is 10.7 Å². The van der Waals surface area contributed by atoms with Crippen molar-refractivity contribution in [2.24, 2.45) is 5.92 Å². The first-order valence-corrected chi connectivity index (χ1v) is 7.50. The SMILES string of the molecule is CNCCC1CCN(c2ncc(Br)c(OC)n2)CC1. The highest BCUT2D eigenvalue weighted by Gasteiger charge is 2.21. The number of hydrogen-bond acceptors (Lipinski definition) is 5. The van der Waals surface area contributed by atoms with Gasteiger partial charge in [0.2, 0.25) is 11.8 Å². The van der Waals surface area contributed by atoms with Crippen molar-refractivity contribution >= 4 is 21.9 Å². The number of hydrogen-bond donors (Lipinski definition) is 1. The zero-order valence-electron chi connectivity index (χ0n) is 11.5. The van der Waals surface area contributed by atoms with Crippen molar-refractivity contribution in [2.75, 3.05) is 38.7 Å². The number of nitrogens with zero attached hydrogens (tertiary/aromatic N) is 3. The van der Waals surface area contributed by atoms with E-state index in [2.05, 4.69) is 36.1 Å². The van der Waals surface area contributed by atoms with Gasteiger partial charge in [-0.2, -0.15) is 4.98 Å². The highest BCUT2D eigenvalue weighted by Crippen LogP contribution is 2.26. The van der Waals surface area contributed by atoms with Crippen molar-refractivity contribution < 1.29 is 4.74 Å². The molecule has 5 nitrogen and oxygen atoms in total. The Balaban J connectivity index is 1.94. The van der Waals surface area contributed by atoms with Gasteiger partial charge in [-0.1, -0.05) is 0 Å². The molecule has 0 aromatic carbocycles.